The fourth-order valence-electron chi connectivity index (χ4n) is 2.61. The van der Waals surface area contributed by atoms with Gasteiger partial charge in [0.1, 0.15) is 17.2 Å². The van der Waals surface area contributed by atoms with Gasteiger partial charge in [-0.2, -0.15) is 0 Å². The molecular weight excluding hydrogens is 238 g/mol. The smallest absolute Gasteiger partial charge is 0.148 e. The first-order chi connectivity index (χ1) is 8.15. The molecule has 0 bridgehead atoms. The highest BCUT2D eigenvalue weighted by Gasteiger charge is 2.35. The van der Waals surface area contributed by atoms with Crippen molar-refractivity contribution in [1.29, 1.82) is 0 Å². The van der Waals surface area contributed by atoms with Crippen molar-refractivity contribution in [3.8, 4) is 0 Å². The summed E-state index contributed by atoms with van der Waals surface area (Å²) in [5, 5.41) is 13.5. The van der Waals surface area contributed by atoms with Crippen molar-refractivity contribution in [2.75, 3.05) is 11.9 Å². The molecule has 1 saturated carbocycles. The molecule has 1 aliphatic rings. The van der Waals surface area contributed by atoms with Gasteiger partial charge in [0.2, 0.25) is 0 Å². The molecule has 0 aliphatic heterocycles. The molecule has 4 nitrogen and oxygen atoms in total. The lowest BCUT2D eigenvalue weighted by atomic mass is 9.77. The third-order valence-electron chi connectivity index (χ3n) is 3.45. The standard InChI is InChI=1S/C12H18ClN3O/c1-9-3-2-4-12(5-9,7-17)16-11-10(13)6-14-8-15-11/h6,8-9,17H,2-5,7H2,1H3,(H,14,15,16). The summed E-state index contributed by atoms with van der Waals surface area (Å²) in [6, 6.07) is 0. The van der Waals surface area contributed by atoms with E-state index in [4.69, 9.17) is 11.6 Å². The first kappa shape index (κ1) is 12.6. The molecule has 2 rings (SSSR count). The Labute approximate surface area is 106 Å². The van der Waals surface area contributed by atoms with E-state index in [1.807, 2.05) is 0 Å². The molecule has 1 fully saturated rings. The maximum absolute atomic E-state index is 9.66. The van der Waals surface area contributed by atoms with Gasteiger partial charge in [0.25, 0.3) is 0 Å². The van der Waals surface area contributed by atoms with Crippen LogP contribution >= 0.6 is 11.6 Å². The molecule has 0 amide bonds. The predicted octanol–water partition coefficient (Wildman–Crippen LogP) is 2.48. The van der Waals surface area contributed by atoms with Crippen LogP contribution in [0.15, 0.2) is 12.5 Å². The minimum atomic E-state index is -0.282. The van der Waals surface area contributed by atoms with Crippen LogP contribution in [0.4, 0.5) is 5.82 Å². The zero-order valence-corrected chi connectivity index (χ0v) is 10.7. The van der Waals surface area contributed by atoms with Crippen LogP contribution in [-0.2, 0) is 0 Å². The van der Waals surface area contributed by atoms with Gasteiger partial charge < -0.3 is 10.4 Å². The van der Waals surface area contributed by atoms with Gasteiger partial charge >= 0.3 is 0 Å². The number of hydrogen-bond acceptors (Lipinski definition) is 4. The Kier molecular flexibility index (Phi) is 3.84. The summed E-state index contributed by atoms with van der Waals surface area (Å²) < 4.78 is 0. The molecule has 2 unspecified atom stereocenters. The number of anilines is 1. The fraction of sp³-hybridized carbons (Fsp3) is 0.667. The van der Waals surface area contributed by atoms with E-state index in [0.29, 0.717) is 16.8 Å². The highest BCUT2D eigenvalue weighted by atomic mass is 35.5. The normalized spacial score (nSPS) is 29.0. The van der Waals surface area contributed by atoms with Crippen molar-refractivity contribution >= 4 is 17.4 Å². The lowest BCUT2D eigenvalue weighted by Gasteiger charge is -2.39. The van der Waals surface area contributed by atoms with E-state index in [0.717, 1.165) is 19.3 Å². The monoisotopic (exact) mass is 255 g/mol. The zero-order chi connectivity index (χ0) is 12.3. The Balaban J connectivity index is 2.17. The second kappa shape index (κ2) is 5.19. The van der Waals surface area contributed by atoms with Crippen LogP contribution in [0.2, 0.25) is 5.02 Å². The van der Waals surface area contributed by atoms with E-state index in [-0.39, 0.29) is 12.1 Å². The molecule has 94 valence electrons. The summed E-state index contributed by atoms with van der Waals surface area (Å²) in [5.41, 5.74) is -0.282. The quantitative estimate of drug-likeness (QED) is 0.871. The summed E-state index contributed by atoms with van der Waals surface area (Å²) in [6.45, 7) is 2.32. The van der Waals surface area contributed by atoms with Crippen molar-refractivity contribution < 1.29 is 5.11 Å². The van der Waals surface area contributed by atoms with Crippen molar-refractivity contribution in [1.82, 2.24) is 9.97 Å². The fourth-order valence-corrected chi connectivity index (χ4v) is 2.76. The van der Waals surface area contributed by atoms with Gasteiger partial charge in [-0.3, -0.25) is 0 Å². The Morgan fingerprint density at radius 2 is 2.47 bits per heavy atom. The van der Waals surface area contributed by atoms with Gasteiger partial charge in [0, 0.05) is 0 Å². The summed E-state index contributed by atoms with van der Waals surface area (Å²) >= 11 is 6.03. The van der Waals surface area contributed by atoms with Crippen LogP contribution in [0.25, 0.3) is 0 Å². The van der Waals surface area contributed by atoms with Crippen LogP contribution in [0.3, 0.4) is 0 Å². The van der Waals surface area contributed by atoms with Gasteiger partial charge in [-0.25, -0.2) is 9.97 Å². The molecule has 2 N–H and O–H groups in total. The number of nitrogens with one attached hydrogen (secondary N) is 1. The molecule has 0 spiro atoms. The van der Waals surface area contributed by atoms with Gasteiger partial charge in [0.05, 0.1) is 18.3 Å². The first-order valence-corrected chi connectivity index (χ1v) is 6.37. The molecule has 1 aromatic heterocycles. The number of halogens is 1. The second-order valence-corrected chi connectivity index (χ2v) is 5.39. The molecule has 0 aromatic carbocycles. The topological polar surface area (TPSA) is 58.0 Å². The number of nitrogens with zero attached hydrogens (tertiary/aromatic N) is 2. The molecule has 0 radical (unpaired) electrons. The average molecular weight is 256 g/mol. The Hall–Kier alpha value is -0.870. The van der Waals surface area contributed by atoms with E-state index in [9.17, 15) is 5.11 Å². The molecule has 2 atom stereocenters. The van der Waals surface area contributed by atoms with Gasteiger partial charge in [-0.1, -0.05) is 31.4 Å². The van der Waals surface area contributed by atoms with Gasteiger partial charge in [-0.05, 0) is 18.8 Å². The summed E-state index contributed by atoms with van der Waals surface area (Å²) in [4.78, 5) is 7.98. The maximum atomic E-state index is 9.66. The van der Waals surface area contributed by atoms with E-state index < -0.39 is 0 Å². The number of aliphatic hydroxyl groups excluding tert-OH is 1. The maximum Gasteiger partial charge on any atom is 0.148 e. The van der Waals surface area contributed by atoms with Crippen molar-refractivity contribution in [2.24, 2.45) is 5.92 Å². The first-order valence-electron chi connectivity index (χ1n) is 6.00. The van der Waals surface area contributed by atoms with E-state index in [1.165, 1.54) is 12.7 Å². The third kappa shape index (κ3) is 2.87. The molecule has 1 heterocycles. The Morgan fingerprint density at radius 1 is 1.65 bits per heavy atom. The molecule has 5 heteroatoms. The highest BCUT2D eigenvalue weighted by Crippen LogP contribution is 2.35. The molecule has 17 heavy (non-hydrogen) atoms. The van der Waals surface area contributed by atoms with Crippen LogP contribution in [0, 0.1) is 5.92 Å². The lowest BCUT2D eigenvalue weighted by Crippen LogP contribution is -2.46. The Morgan fingerprint density at radius 3 is 3.12 bits per heavy atom. The highest BCUT2D eigenvalue weighted by molar-refractivity contribution is 6.32. The van der Waals surface area contributed by atoms with Crippen molar-refractivity contribution in [2.45, 2.75) is 38.1 Å². The van der Waals surface area contributed by atoms with Crippen LogP contribution in [-0.4, -0.2) is 27.2 Å². The summed E-state index contributed by atoms with van der Waals surface area (Å²) in [6.07, 6.45) is 7.27. The predicted molar refractivity (Wildman–Crippen MR) is 68.1 cm³/mol. The van der Waals surface area contributed by atoms with Crippen LogP contribution in [0.5, 0.6) is 0 Å². The molecule has 1 aliphatic carbocycles. The van der Waals surface area contributed by atoms with Gasteiger partial charge in [-0.15, -0.1) is 0 Å². The number of rotatable bonds is 3. The van der Waals surface area contributed by atoms with E-state index >= 15 is 0 Å². The van der Waals surface area contributed by atoms with E-state index in [2.05, 4.69) is 22.2 Å². The SMILES string of the molecule is CC1CCCC(CO)(Nc2ncncc2Cl)C1. The van der Waals surface area contributed by atoms with E-state index in [1.54, 1.807) is 6.20 Å². The zero-order valence-electron chi connectivity index (χ0n) is 9.99. The third-order valence-corrected chi connectivity index (χ3v) is 3.72. The largest absolute Gasteiger partial charge is 0.394 e. The summed E-state index contributed by atoms with van der Waals surface area (Å²) in [7, 11) is 0. The summed E-state index contributed by atoms with van der Waals surface area (Å²) in [5.74, 6) is 1.23. The minimum Gasteiger partial charge on any atom is -0.394 e. The van der Waals surface area contributed by atoms with Crippen molar-refractivity contribution in [3.63, 3.8) is 0 Å². The van der Waals surface area contributed by atoms with Gasteiger partial charge in [0.15, 0.2) is 0 Å². The minimum absolute atomic E-state index is 0.109. The van der Waals surface area contributed by atoms with Crippen molar-refractivity contribution in [3.05, 3.63) is 17.5 Å². The number of hydrogen-bond donors (Lipinski definition) is 2. The van der Waals surface area contributed by atoms with Crippen LogP contribution in [0.1, 0.15) is 32.6 Å². The second-order valence-electron chi connectivity index (χ2n) is 4.98. The molecule has 1 aromatic rings. The lowest BCUT2D eigenvalue weighted by molar-refractivity contribution is 0.149. The Bertz CT molecular complexity index is 388. The van der Waals surface area contributed by atoms with Crippen LogP contribution < -0.4 is 5.32 Å². The molecule has 0 saturated heterocycles. The number of aliphatic hydroxyl groups is 1. The molecular formula is C12H18ClN3O. The average Bonchev–Trinajstić information content (AvgIpc) is 2.32. The number of aromatic nitrogens is 2.